The summed E-state index contributed by atoms with van der Waals surface area (Å²) in [4.78, 5) is 4.35. The second kappa shape index (κ2) is 6.40. The molecule has 1 aliphatic heterocycles. The first-order chi connectivity index (χ1) is 9.91. The summed E-state index contributed by atoms with van der Waals surface area (Å²) < 4.78 is 35.8. The van der Waals surface area contributed by atoms with E-state index in [1.165, 1.54) is 13.0 Å². The Morgan fingerprint density at radius 2 is 2.10 bits per heavy atom. The van der Waals surface area contributed by atoms with E-state index in [0.717, 1.165) is 26.2 Å². The van der Waals surface area contributed by atoms with Crippen LogP contribution in [0.3, 0.4) is 0 Å². The zero-order valence-corrected chi connectivity index (χ0v) is 12.4. The monoisotopic (exact) mass is 313 g/mol. The number of halogens is 1. The van der Waals surface area contributed by atoms with Crippen molar-refractivity contribution in [1.29, 1.82) is 0 Å². The lowest BCUT2D eigenvalue weighted by Crippen LogP contribution is -2.42. The Kier molecular flexibility index (Phi) is 4.79. The largest absolute Gasteiger partial charge is 0.332 e. The van der Waals surface area contributed by atoms with E-state index < -0.39 is 15.1 Å². The number of azide groups is 1. The van der Waals surface area contributed by atoms with Gasteiger partial charge >= 0.3 is 10.2 Å². The molecule has 0 bridgehead atoms. The molecule has 0 amide bonds. The molecule has 1 fully saturated rings. The third kappa shape index (κ3) is 3.92. The van der Waals surface area contributed by atoms with Crippen molar-refractivity contribution in [3.05, 3.63) is 33.7 Å². The highest BCUT2D eigenvalue weighted by atomic mass is 32.3. The maximum atomic E-state index is 13.4. The van der Waals surface area contributed by atoms with Crippen molar-refractivity contribution in [2.24, 2.45) is 5.11 Å². The molecule has 1 aliphatic rings. The van der Waals surface area contributed by atoms with Crippen LogP contribution in [0.5, 0.6) is 0 Å². The topological polar surface area (TPSA) is 98.2 Å². The third-order valence-corrected chi connectivity index (χ3v) is 4.37. The van der Waals surface area contributed by atoms with Crippen molar-refractivity contribution in [3.63, 3.8) is 0 Å². The summed E-state index contributed by atoms with van der Waals surface area (Å²) >= 11 is 0. The molecule has 9 heteroatoms. The Balaban J connectivity index is 2.41. The third-order valence-electron chi connectivity index (χ3n) is 3.42. The second-order valence-corrected chi connectivity index (χ2v) is 6.21. The van der Waals surface area contributed by atoms with E-state index in [2.05, 4.69) is 20.2 Å². The van der Waals surface area contributed by atoms with Gasteiger partial charge in [-0.25, -0.2) is 0 Å². The number of piperazine rings is 1. The van der Waals surface area contributed by atoms with Crippen LogP contribution >= 0.6 is 0 Å². The van der Waals surface area contributed by atoms with Crippen molar-refractivity contribution in [2.45, 2.75) is 18.4 Å². The summed E-state index contributed by atoms with van der Waals surface area (Å²) in [5, 5.41) is 6.67. The molecular weight excluding hydrogens is 297 g/mol. The van der Waals surface area contributed by atoms with Gasteiger partial charge in [0, 0.05) is 43.3 Å². The van der Waals surface area contributed by atoms with Crippen LogP contribution in [0.1, 0.15) is 11.1 Å². The molecule has 0 spiro atoms. The van der Waals surface area contributed by atoms with Crippen LogP contribution in [0.2, 0.25) is 0 Å². The van der Waals surface area contributed by atoms with Gasteiger partial charge in [-0.2, -0.15) is 8.42 Å². The van der Waals surface area contributed by atoms with Gasteiger partial charge in [0.25, 0.3) is 0 Å². The first kappa shape index (κ1) is 15.7. The summed E-state index contributed by atoms with van der Waals surface area (Å²) in [7, 11) is -4.85. The Bertz CT molecular complexity index is 679. The minimum Gasteiger partial charge on any atom is -0.314 e. The summed E-state index contributed by atoms with van der Waals surface area (Å²) in [6.07, 6.45) is 0. The highest BCUT2D eigenvalue weighted by Gasteiger charge is 2.20. The molecule has 21 heavy (non-hydrogen) atoms. The van der Waals surface area contributed by atoms with Gasteiger partial charge in [0.1, 0.15) is 4.90 Å². The minimum absolute atomic E-state index is 0.124. The highest BCUT2D eigenvalue weighted by molar-refractivity contribution is 7.86. The normalized spacial score (nSPS) is 16.5. The SMILES string of the molecule is Cc1c(N=[N+]=[N-])cc(CN2CCNCC2)cc1S(=O)(=O)F. The number of nitrogens with zero attached hydrogens (tertiary/aromatic N) is 4. The van der Waals surface area contributed by atoms with Crippen molar-refractivity contribution >= 4 is 15.9 Å². The van der Waals surface area contributed by atoms with Crippen LogP contribution in [-0.4, -0.2) is 39.5 Å². The number of nitrogens with one attached hydrogen (secondary N) is 1. The van der Waals surface area contributed by atoms with Gasteiger partial charge in [0.15, 0.2) is 0 Å². The predicted molar refractivity (Wildman–Crippen MR) is 76.4 cm³/mol. The van der Waals surface area contributed by atoms with E-state index >= 15 is 0 Å². The van der Waals surface area contributed by atoms with Crippen LogP contribution in [0.25, 0.3) is 10.4 Å². The lowest BCUT2D eigenvalue weighted by Gasteiger charge is -2.27. The molecule has 0 atom stereocenters. The van der Waals surface area contributed by atoms with Gasteiger partial charge in [-0.3, -0.25) is 4.90 Å². The molecule has 0 radical (unpaired) electrons. The average Bonchev–Trinajstić information content (AvgIpc) is 2.42. The molecule has 0 unspecified atom stereocenters. The molecule has 0 aromatic heterocycles. The maximum Gasteiger partial charge on any atom is 0.332 e. The lowest BCUT2D eigenvalue weighted by atomic mass is 10.1. The second-order valence-electron chi connectivity index (χ2n) is 4.89. The molecule has 7 nitrogen and oxygen atoms in total. The van der Waals surface area contributed by atoms with E-state index in [-0.39, 0.29) is 11.3 Å². The zero-order chi connectivity index (χ0) is 15.5. The number of benzene rings is 1. The molecule has 0 saturated carbocycles. The van der Waals surface area contributed by atoms with Gasteiger partial charge in [0.2, 0.25) is 0 Å². The zero-order valence-electron chi connectivity index (χ0n) is 11.6. The summed E-state index contributed by atoms with van der Waals surface area (Å²) in [5.74, 6) is 0. The van der Waals surface area contributed by atoms with Crippen LogP contribution in [0.15, 0.2) is 22.1 Å². The standard InChI is InChI=1S/C12H16FN5O2S/c1-9-11(16-17-14)6-10(7-12(9)21(13,19)20)8-18-4-2-15-3-5-18/h6-7,15H,2-5,8H2,1H3. The molecule has 0 aliphatic carbocycles. The predicted octanol–water partition coefficient (Wildman–Crippen LogP) is 2.00. The van der Waals surface area contributed by atoms with Crippen molar-refractivity contribution < 1.29 is 12.3 Å². The molecule has 1 aromatic rings. The van der Waals surface area contributed by atoms with Crippen LogP contribution in [0.4, 0.5) is 9.57 Å². The Labute approximate surface area is 122 Å². The van der Waals surface area contributed by atoms with Gasteiger partial charge in [-0.15, -0.1) is 3.89 Å². The van der Waals surface area contributed by atoms with Crippen LogP contribution in [-0.2, 0) is 16.8 Å². The summed E-state index contributed by atoms with van der Waals surface area (Å²) in [5.41, 5.74) is 9.42. The van der Waals surface area contributed by atoms with Gasteiger partial charge < -0.3 is 5.32 Å². The average molecular weight is 313 g/mol. The maximum absolute atomic E-state index is 13.4. The molecule has 1 N–H and O–H groups in total. The fourth-order valence-electron chi connectivity index (χ4n) is 2.35. The Morgan fingerprint density at radius 1 is 1.43 bits per heavy atom. The number of hydrogen-bond donors (Lipinski definition) is 1. The van der Waals surface area contributed by atoms with Crippen molar-refractivity contribution in [3.8, 4) is 0 Å². The van der Waals surface area contributed by atoms with Gasteiger partial charge in [0.05, 0.1) is 0 Å². The molecular formula is C12H16FN5O2S. The van der Waals surface area contributed by atoms with Crippen molar-refractivity contribution in [1.82, 2.24) is 10.2 Å². The van der Waals surface area contributed by atoms with E-state index in [0.29, 0.717) is 12.1 Å². The van der Waals surface area contributed by atoms with E-state index in [1.54, 1.807) is 6.07 Å². The summed E-state index contributed by atoms with van der Waals surface area (Å²) in [6, 6.07) is 2.91. The lowest BCUT2D eigenvalue weighted by molar-refractivity contribution is 0.233. The van der Waals surface area contributed by atoms with E-state index in [9.17, 15) is 12.3 Å². The van der Waals surface area contributed by atoms with Gasteiger partial charge in [-0.1, -0.05) is 5.11 Å². The minimum atomic E-state index is -4.85. The first-order valence-electron chi connectivity index (χ1n) is 6.48. The van der Waals surface area contributed by atoms with E-state index in [4.69, 9.17) is 5.53 Å². The number of rotatable bonds is 4. The molecule has 1 aromatic carbocycles. The molecule has 1 saturated heterocycles. The van der Waals surface area contributed by atoms with Gasteiger partial charge in [-0.05, 0) is 35.7 Å². The molecule has 2 rings (SSSR count). The fraction of sp³-hybridized carbons (Fsp3) is 0.500. The van der Waals surface area contributed by atoms with Crippen LogP contribution in [0, 0.1) is 6.92 Å². The Morgan fingerprint density at radius 3 is 2.67 bits per heavy atom. The quantitative estimate of drug-likeness (QED) is 0.398. The summed E-state index contributed by atoms with van der Waals surface area (Å²) in [6.45, 7) is 5.25. The van der Waals surface area contributed by atoms with Crippen molar-refractivity contribution in [2.75, 3.05) is 26.2 Å². The smallest absolute Gasteiger partial charge is 0.314 e. The first-order valence-corrected chi connectivity index (χ1v) is 7.86. The fourth-order valence-corrected chi connectivity index (χ4v) is 3.11. The highest BCUT2D eigenvalue weighted by Crippen LogP contribution is 2.29. The number of hydrogen-bond acceptors (Lipinski definition) is 5. The molecule has 114 valence electrons. The van der Waals surface area contributed by atoms with E-state index in [1.807, 2.05) is 0 Å². The Hall–Kier alpha value is -1.67. The molecule has 1 heterocycles. The van der Waals surface area contributed by atoms with Crippen LogP contribution < -0.4 is 5.32 Å².